The molecule has 0 spiro atoms. The number of rotatable bonds is 5. The summed E-state index contributed by atoms with van der Waals surface area (Å²) in [6.07, 6.45) is -4.34. The summed E-state index contributed by atoms with van der Waals surface area (Å²) in [6, 6.07) is 5.49. The van der Waals surface area contributed by atoms with Crippen LogP contribution in [0.2, 0.25) is 0 Å². The Balaban J connectivity index is 2.54. The third kappa shape index (κ3) is 5.25. The van der Waals surface area contributed by atoms with Gasteiger partial charge in [-0.2, -0.15) is 13.2 Å². The standard InChI is InChI=1S/C14H20F3NOS/c1-13(2,3)20(19)9-8-18-10-11-6-4-5-7-12(11)14(15,16)17/h4-7,18H,8-10H2,1-3H3. The molecule has 6 heteroatoms. The lowest BCUT2D eigenvalue weighted by Crippen LogP contribution is -2.29. The van der Waals surface area contributed by atoms with E-state index in [1.807, 2.05) is 20.8 Å². The van der Waals surface area contributed by atoms with Crippen LogP contribution in [0.15, 0.2) is 24.3 Å². The van der Waals surface area contributed by atoms with E-state index in [1.54, 1.807) is 6.07 Å². The fourth-order valence-corrected chi connectivity index (χ4v) is 2.59. The van der Waals surface area contributed by atoms with Crippen LogP contribution in [-0.4, -0.2) is 21.3 Å². The van der Waals surface area contributed by atoms with Crippen LogP contribution in [0.3, 0.4) is 0 Å². The predicted molar refractivity (Wildman–Crippen MR) is 75.9 cm³/mol. The zero-order chi connectivity index (χ0) is 15.4. The lowest BCUT2D eigenvalue weighted by atomic mass is 10.1. The zero-order valence-corrected chi connectivity index (χ0v) is 12.7. The van der Waals surface area contributed by atoms with Gasteiger partial charge >= 0.3 is 6.18 Å². The molecule has 0 saturated heterocycles. The molecule has 1 atom stereocenters. The maximum atomic E-state index is 12.8. The highest BCUT2D eigenvalue weighted by Crippen LogP contribution is 2.31. The van der Waals surface area contributed by atoms with Gasteiger partial charge in [-0.1, -0.05) is 18.2 Å². The van der Waals surface area contributed by atoms with Crippen molar-refractivity contribution in [2.45, 2.75) is 38.2 Å². The maximum absolute atomic E-state index is 12.8. The molecule has 0 aliphatic carbocycles. The second-order valence-corrected chi connectivity index (χ2v) is 7.82. The molecule has 1 unspecified atom stereocenters. The van der Waals surface area contributed by atoms with E-state index in [1.165, 1.54) is 12.1 Å². The lowest BCUT2D eigenvalue weighted by molar-refractivity contribution is -0.138. The average molecular weight is 307 g/mol. The summed E-state index contributed by atoms with van der Waals surface area (Å²) in [7, 11) is -1.00. The van der Waals surface area contributed by atoms with Crippen LogP contribution in [0.1, 0.15) is 31.9 Å². The molecule has 1 aromatic rings. The van der Waals surface area contributed by atoms with E-state index >= 15 is 0 Å². The fourth-order valence-electron chi connectivity index (χ4n) is 1.65. The fraction of sp³-hybridized carbons (Fsp3) is 0.571. The Morgan fingerprint density at radius 3 is 2.30 bits per heavy atom. The summed E-state index contributed by atoms with van der Waals surface area (Å²) in [4.78, 5) is 0. The predicted octanol–water partition coefficient (Wildman–Crippen LogP) is 3.34. The van der Waals surface area contributed by atoms with Gasteiger partial charge in [0, 0.05) is 34.4 Å². The molecule has 0 bridgehead atoms. The van der Waals surface area contributed by atoms with E-state index in [0.717, 1.165) is 6.07 Å². The van der Waals surface area contributed by atoms with Crippen LogP contribution in [-0.2, 0) is 23.5 Å². The van der Waals surface area contributed by atoms with Gasteiger partial charge in [0.05, 0.1) is 5.56 Å². The van der Waals surface area contributed by atoms with Crippen LogP contribution < -0.4 is 5.32 Å². The molecule has 1 N–H and O–H groups in total. The number of alkyl halides is 3. The van der Waals surface area contributed by atoms with Crippen molar-refractivity contribution in [2.24, 2.45) is 0 Å². The highest BCUT2D eigenvalue weighted by Gasteiger charge is 2.32. The van der Waals surface area contributed by atoms with Crippen molar-refractivity contribution in [3.8, 4) is 0 Å². The summed E-state index contributed by atoms with van der Waals surface area (Å²) in [6.45, 7) is 6.18. The minimum atomic E-state index is -4.34. The van der Waals surface area contributed by atoms with Gasteiger partial charge in [0.2, 0.25) is 0 Å². The smallest absolute Gasteiger partial charge is 0.312 e. The van der Waals surface area contributed by atoms with Crippen molar-refractivity contribution in [1.29, 1.82) is 0 Å². The maximum Gasteiger partial charge on any atom is 0.416 e. The first kappa shape index (κ1) is 17.2. The molecule has 0 aromatic heterocycles. The van der Waals surface area contributed by atoms with Gasteiger partial charge in [-0.3, -0.25) is 4.21 Å². The summed E-state index contributed by atoms with van der Waals surface area (Å²) < 4.78 is 49.8. The van der Waals surface area contributed by atoms with Crippen LogP contribution >= 0.6 is 0 Å². The normalized spacial score (nSPS) is 14.3. The van der Waals surface area contributed by atoms with Gasteiger partial charge in [-0.15, -0.1) is 0 Å². The van der Waals surface area contributed by atoms with Gasteiger partial charge in [0.1, 0.15) is 0 Å². The molecular weight excluding hydrogens is 287 g/mol. The average Bonchev–Trinajstić information content (AvgIpc) is 2.32. The Labute approximate surface area is 120 Å². The number of hydrogen-bond acceptors (Lipinski definition) is 2. The first-order valence-corrected chi connectivity index (χ1v) is 7.68. The topological polar surface area (TPSA) is 29.1 Å². The summed E-state index contributed by atoms with van der Waals surface area (Å²) in [5.41, 5.74) is -0.411. The van der Waals surface area contributed by atoms with Gasteiger partial charge in [-0.05, 0) is 32.4 Å². The molecule has 0 fully saturated rings. The molecule has 2 nitrogen and oxygen atoms in total. The van der Waals surface area contributed by atoms with E-state index in [4.69, 9.17) is 0 Å². The Morgan fingerprint density at radius 1 is 1.15 bits per heavy atom. The summed E-state index contributed by atoms with van der Waals surface area (Å²) in [5.74, 6) is 0.428. The Morgan fingerprint density at radius 2 is 1.75 bits per heavy atom. The van der Waals surface area contributed by atoms with Crippen LogP contribution in [0.4, 0.5) is 13.2 Å². The Kier molecular flexibility index (Phi) is 5.77. The molecule has 1 rings (SSSR count). The molecule has 0 aliphatic heterocycles. The van der Waals surface area contributed by atoms with Crippen molar-refractivity contribution in [3.05, 3.63) is 35.4 Å². The van der Waals surface area contributed by atoms with E-state index in [-0.39, 0.29) is 16.9 Å². The number of halogens is 3. The molecule has 0 radical (unpaired) electrons. The van der Waals surface area contributed by atoms with E-state index < -0.39 is 22.5 Å². The van der Waals surface area contributed by atoms with Crippen LogP contribution in [0.25, 0.3) is 0 Å². The van der Waals surface area contributed by atoms with Gasteiger partial charge in [0.15, 0.2) is 0 Å². The zero-order valence-electron chi connectivity index (χ0n) is 11.9. The highest BCUT2D eigenvalue weighted by atomic mass is 32.2. The second kappa shape index (κ2) is 6.72. The highest BCUT2D eigenvalue weighted by molar-refractivity contribution is 7.86. The van der Waals surface area contributed by atoms with Crippen molar-refractivity contribution in [1.82, 2.24) is 5.32 Å². The molecule has 20 heavy (non-hydrogen) atoms. The largest absolute Gasteiger partial charge is 0.416 e. The third-order valence-corrected chi connectivity index (χ3v) is 4.73. The first-order chi connectivity index (χ1) is 9.12. The molecule has 1 aromatic carbocycles. The Bertz CT molecular complexity index is 466. The van der Waals surface area contributed by atoms with Crippen LogP contribution in [0.5, 0.6) is 0 Å². The molecular formula is C14H20F3NOS. The number of benzene rings is 1. The summed E-state index contributed by atoms with van der Waals surface area (Å²) >= 11 is 0. The number of hydrogen-bond donors (Lipinski definition) is 1. The van der Waals surface area contributed by atoms with Crippen molar-refractivity contribution < 1.29 is 17.4 Å². The monoisotopic (exact) mass is 307 g/mol. The SMILES string of the molecule is CC(C)(C)S(=O)CCNCc1ccccc1C(F)(F)F. The minimum Gasteiger partial charge on any atom is -0.312 e. The van der Waals surface area contributed by atoms with Gasteiger partial charge in [-0.25, -0.2) is 0 Å². The quantitative estimate of drug-likeness (QED) is 0.845. The molecule has 0 saturated carbocycles. The van der Waals surface area contributed by atoms with Crippen molar-refractivity contribution in [3.63, 3.8) is 0 Å². The summed E-state index contributed by atoms with van der Waals surface area (Å²) in [5, 5.41) is 2.92. The van der Waals surface area contributed by atoms with E-state index in [9.17, 15) is 17.4 Å². The van der Waals surface area contributed by atoms with Crippen LogP contribution in [0, 0.1) is 0 Å². The Hall–Kier alpha value is -0.880. The van der Waals surface area contributed by atoms with E-state index in [0.29, 0.717) is 12.3 Å². The lowest BCUT2D eigenvalue weighted by Gasteiger charge is -2.18. The minimum absolute atomic E-state index is 0.122. The molecule has 0 heterocycles. The molecule has 0 amide bonds. The molecule has 0 aliphatic rings. The first-order valence-electron chi connectivity index (χ1n) is 6.36. The van der Waals surface area contributed by atoms with Gasteiger partial charge in [0.25, 0.3) is 0 Å². The number of nitrogens with one attached hydrogen (secondary N) is 1. The third-order valence-electron chi connectivity index (χ3n) is 2.79. The van der Waals surface area contributed by atoms with Crippen molar-refractivity contribution in [2.75, 3.05) is 12.3 Å². The molecule has 114 valence electrons. The second-order valence-electron chi connectivity index (χ2n) is 5.49. The van der Waals surface area contributed by atoms with E-state index in [2.05, 4.69) is 5.32 Å². The van der Waals surface area contributed by atoms with Crippen molar-refractivity contribution >= 4 is 10.8 Å². The van der Waals surface area contributed by atoms with Gasteiger partial charge < -0.3 is 5.32 Å².